The van der Waals surface area contributed by atoms with Gasteiger partial charge in [-0.1, -0.05) is 48.6 Å². The van der Waals surface area contributed by atoms with Crippen molar-refractivity contribution in [3.63, 3.8) is 0 Å². The largest absolute Gasteiger partial charge is 0.373 e. The Bertz CT molecular complexity index is 262. The Kier molecular flexibility index (Phi) is 4.65. The molecule has 68 valence electrons. The number of benzene rings is 1. The van der Waals surface area contributed by atoms with Crippen LogP contribution in [0.5, 0.6) is 0 Å². The summed E-state index contributed by atoms with van der Waals surface area (Å²) < 4.78 is 5.20. The van der Waals surface area contributed by atoms with E-state index in [0.717, 1.165) is 0 Å². The van der Waals surface area contributed by atoms with Crippen LogP contribution < -0.4 is 0 Å². The van der Waals surface area contributed by atoms with Crippen molar-refractivity contribution in [3.8, 4) is 0 Å². The van der Waals surface area contributed by atoms with Crippen molar-refractivity contribution in [2.75, 3.05) is 13.2 Å². The molecule has 1 rings (SSSR count). The van der Waals surface area contributed by atoms with Crippen LogP contribution in [0.3, 0.4) is 0 Å². The zero-order chi connectivity index (χ0) is 9.36. The van der Waals surface area contributed by atoms with Gasteiger partial charge in [0.1, 0.15) is 0 Å². The van der Waals surface area contributed by atoms with Gasteiger partial charge in [0, 0.05) is 0 Å². The topological polar surface area (TPSA) is 9.23 Å². The first-order valence-electron chi connectivity index (χ1n) is 4.33. The summed E-state index contributed by atoms with van der Waals surface area (Å²) >= 11 is 0. The number of hydrogen-bond acceptors (Lipinski definition) is 1. The minimum absolute atomic E-state index is 0.610. The van der Waals surface area contributed by atoms with E-state index >= 15 is 0 Å². The summed E-state index contributed by atoms with van der Waals surface area (Å²) in [6, 6.07) is 10.2. The predicted octanol–water partition coefficient (Wildman–Crippen LogP) is 2.90. The molecule has 0 heterocycles. The third kappa shape index (κ3) is 4.28. The van der Waals surface area contributed by atoms with Gasteiger partial charge in [-0.15, -0.1) is 6.58 Å². The van der Waals surface area contributed by atoms with Gasteiger partial charge in [-0.05, 0) is 5.56 Å². The van der Waals surface area contributed by atoms with Crippen LogP contribution in [0.1, 0.15) is 5.56 Å². The van der Waals surface area contributed by atoms with Gasteiger partial charge in [0.2, 0.25) is 0 Å². The lowest BCUT2D eigenvalue weighted by Gasteiger charge is -1.94. The Labute approximate surface area is 79.4 Å². The average Bonchev–Trinajstić information content (AvgIpc) is 2.19. The van der Waals surface area contributed by atoms with E-state index in [2.05, 4.69) is 18.7 Å². The van der Waals surface area contributed by atoms with Gasteiger partial charge >= 0.3 is 0 Å². The van der Waals surface area contributed by atoms with Crippen LogP contribution in [0.4, 0.5) is 0 Å². The molecule has 0 unspecified atom stereocenters. The summed E-state index contributed by atoms with van der Waals surface area (Å²) in [5.74, 6) is 0. The SMILES string of the molecule is C=CCOC/C=C/c1ccccc1. The van der Waals surface area contributed by atoms with E-state index in [4.69, 9.17) is 4.74 Å². The van der Waals surface area contributed by atoms with E-state index in [1.165, 1.54) is 5.56 Å². The molecule has 0 bridgehead atoms. The van der Waals surface area contributed by atoms with Crippen molar-refractivity contribution in [2.24, 2.45) is 0 Å². The molecule has 0 aromatic heterocycles. The van der Waals surface area contributed by atoms with Crippen molar-refractivity contribution in [1.82, 2.24) is 0 Å². The van der Waals surface area contributed by atoms with Crippen molar-refractivity contribution in [2.45, 2.75) is 0 Å². The summed E-state index contributed by atoms with van der Waals surface area (Å²) in [5.41, 5.74) is 1.20. The fourth-order valence-electron chi connectivity index (χ4n) is 0.968. The zero-order valence-corrected chi connectivity index (χ0v) is 7.65. The first kappa shape index (κ1) is 9.75. The highest BCUT2D eigenvalue weighted by Gasteiger charge is 1.81. The molecule has 0 aliphatic carbocycles. The Morgan fingerprint density at radius 1 is 1.15 bits per heavy atom. The molecule has 0 aliphatic rings. The fraction of sp³-hybridized carbons (Fsp3) is 0.167. The van der Waals surface area contributed by atoms with Gasteiger partial charge in [0.15, 0.2) is 0 Å². The summed E-state index contributed by atoms with van der Waals surface area (Å²) in [6.45, 7) is 4.82. The number of ether oxygens (including phenoxy) is 1. The lowest BCUT2D eigenvalue weighted by molar-refractivity contribution is 0.194. The van der Waals surface area contributed by atoms with E-state index in [-0.39, 0.29) is 0 Å². The molecule has 0 saturated heterocycles. The first-order chi connectivity index (χ1) is 6.43. The lowest BCUT2D eigenvalue weighted by Crippen LogP contribution is -1.88. The quantitative estimate of drug-likeness (QED) is 0.492. The van der Waals surface area contributed by atoms with Gasteiger partial charge in [-0.2, -0.15) is 0 Å². The smallest absolute Gasteiger partial charge is 0.0654 e. The maximum atomic E-state index is 5.20. The van der Waals surface area contributed by atoms with Crippen LogP contribution >= 0.6 is 0 Å². The van der Waals surface area contributed by atoms with Crippen LogP contribution in [0.25, 0.3) is 6.08 Å². The molecule has 0 radical (unpaired) electrons. The van der Waals surface area contributed by atoms with Crippen LogP contribution in [-0.2, 0) is 4.74 Å². The van der Waals surface area contributed by atoms with Crippen molar-refractivity contribution in [3.05, 3.63) is 54.6 Å². The second-order valence-electron chi connectivity index (χ2n) is 2.64. The van der Waals surface area contributed by atoms with Crippen LogP contribution in [0.15, 0.2) is 49.1 Å². The highest BCUT2D eigenvalue weighted by atomic mass is 16.5. The summed E-state index contributed by atoms with van der Waals surface area (Å²) in [4.78, 5) is 0. The van der Waals surface area contributed by atoms with Crippen molar-refractivity contribution >= 4 is 6.08 Å². The van der Waals surface area contributed by atoms with E-state index in [1.807, 2.05) is 30.4 Å². The van der Waals surface area contributed by atoms with Crippen LogP contribution in [-0.4, -0.2) is 13.2 Å². The fourth-order valence-corrected chi connectivity index (χ4v) is 0.968. The molecule has 0 amide bonds. The molecule has 0 atom stereocenters. The maximum absolute atomic E-state index is 5.20. The molecule has 0 spiro atoms. The second kappa shape index (κ2) is 6.21. The normalized spacial score (nSPS) is 10.5. The lowest BCUT2D eigenvalue weighted by atomic mass is 10.2. The molecule has 13 heavy (non-hydrogen) atoms. The molecule has 0 saturated carbocycles. The Morgan fingerprint density at radius 2 is 1.92 bits per heavy atom. The Hall–Kier alpha value is -1.34. The number of hydrogen-bond donors (Lipinski definition) is 0. The third-order valence-corrected chi connectivity index (χ3v) is 1.56. The van der Waals surface area contributed by atoms with Crippen molar-refractivity contribution < 1.29 is 4.74 Å². The Balaban J connectivity index is 2.28. The summed E-state index contributed by atoms with van der Waals surface area (Å²) in [5, 5.41) is 0. The highest BCUT2D eigenvalue weighted by molar-refractivity contribution is 5.48. The first-order valence-corrected chi connectivity index (χ1v) is 4.33. The van der Waals surface area contributed by atoms with Crippen LogP contribution in [0, 0.1) is 0 Å². The molecule has 1 aromatic rings. The van der Waals surface area contributed by atoms with E-state index in [0.29, 0.717) is 13.2 Å². The Morgan fingerprint density at radius 3 is 2.62 bits per heavy atom. The van der Waals surface area contributed by atoms with Gasteiger partial charge < -0.3 is 4.74 Å². The molecule has 1 heteroatoms. The molecule has 1 aromatic carbocycles. The molecular weight excluding hydrogens is 160 g/mol. The number of rotatable bonds is 5. The standard InChI is InChI=1S/C12H14O/c1-2-10-13-11-6-9-12-7-4-3-5-8-12/h2-9H,1,10-11H2/b9-6+. The van der Waals surface area contributed by atoms with Gasteiger partial charge in [-0.25, -0.2) is 0 Å². The maximum Gasteiger partial charge on any atom is 0.0654 e. The zero-order valence-electron chi connectivity index (χ0n) is 7.65. The average molecular weight is 174 g/mol. The summed E-state index contributed by atoms with van der Waals surface area (Å²) in [6.07, 6.45) is 5.79. The van der Waals surface area contributed by atoms with Crippen LogP contribution in [0.2, 0.25) is 0 Å². The predicted molar refractivity (Wildman–Crippen MR) is 56.5 cm³/mol. The molecule has 0 N–H and O–H groups in total. The van der Waals surface area contributed by atoms with Gasteiger partial charge in [0.25, 0.3) is 0 Å². The van der Waals surface area contributed by atoms with Gasteiger partial charge in [-0.3, -0.25) is 0 Å². The molecular formula is C12H14O. The highest BCUT2D eigenvalue weighted by Crippen LogP contribution is 2.00. The molecule has 0 fully saturated rings. The monoisotopic (exact) mass is 174 g/mol. The van der Waals surface area contributed by atoms with E-state index in [9.17, 15) is 0 Å². The van der Waals surface area contributed by atoms with Gasteiger partial charge in [0.05, 0.1) is 13.2 Å². The van der Waals surface area contributed by atoms with Crippen molar-refractivity contribution in [1.29, 1.82) is 0 Å². The second-order valence-corrected chi connectivity index (χ2v) is 2.64. The van der Waals surface area contributed by atoms with E-state index in [1.54, 1.807) is 6.08 Å². The summed E-state index contributed by atoms with van der Waals surface area (Å²) in [7, 11) is 0. The minimum atomic E-state index is 0.610. The third-order valence-electron chi connectivity index (χ3n) is 1.56. The minimum Gasteiger partial charge on any atom is -0.373 e. The molecule has 1 nitrogen and oxygen atoms in total. The molecule has 0 aliphatic heterocycles. The van der Waals surface area contributed by atoms with E-state index < -0.39 is 0 Å².